The van der Waals surface area contributed by atoms with Gasteiger partial charge in [-0.3, -0.25) is 0 Å². The summed E-state index contributed by atoms with van der Waals surface area (Å²) < 4.78 is 17.2. The van der Waals surface area contributed by atoms with Crippen molar-refractivity contribution in [3.63, 3.8) is 0 Å². The van der Waals surface area contributed by atoms with E-state index in [0.29, 0.717) is 0 Å². The van der Waals surface area contributed by atoms with Crippen LogP contribution in [0, 0.1) is 0 Å². The van der Waals surface area contributed by atoms with Gasteiger partial charge >= 0.3 is 0 Å². The van der Waals surface area contributed by atoms with Gasteiger partial charge in [-0.1, -0.05) is 12.1 Å². The summed E-state index contributed by atoms with van der Waals surface area (Å²) in [6.45, 7) is 8.06. The van der Waals surface area contributed by atoms with Crippen LogP contribution in [-0.2, 0) is 0 Å². The van der Waals surface area contributed by atoms with Crippen LogP contribution < -0.4 is 14.2 Å². The molecule has 0 aromatic heterocycles. The third kappa shape index (κ3) is 2.98. The molecule has 0 aliphatic rings. The van der Waals surface area contributed by atoms with Crippen LogP contribution in [0.4, 0.5) is 0 Å². The van der Waals surface area contributed by atoms with Gasteiger partial charge in [0, 0.05) is 10.8 Å². The third-order valence-electron chi connectivity index (χ3n) is 2.87. The van der Waals surface area contributed by atoms with E-state index in [-0.39, 0.29) is 12.2 Å². The van der Waals surface area contributed by atoms with Crippen molar-refractivity contribution in [1.29, 1.82) is 0 Å². The number of ether oxygens (including phenoxy) is 3. The van der Waals surface area contributed by atoms with Gasteiger partial charge in [-0.15, -0.1) is 0 Å². The van der Waals surface area contributed by atoms with Gasteiger partial charge < -0.3 is 14.2 Å². The first-order valence-electron chi connectivity index (χ1n) is 6.96. The molecule has 0 aliphatic carbocycles. The number of fused-ring (bicyclic) bond motifs is 1. The molecule has 0 fully saturated rings. The lowest BCUT2D eigenvalue weighted by molar-refractivity contribution is 0.232. The summed E-state index contributed by atoms with van der Waals surface area (Å²) in [6, 6.07) is 9.93. The van der Waals surface area contributed by atoms with Gasteiger partial charge in [-0.05, 0) is 45.9 Å². The molecule has 20 heavy (non-hydrogen) atoms. The van der Waals surface area contributed by atoms with Gasteiger partial charge in [0.25, 0.3) is 0 Å². The van der Waals surface area contributed by atoms with Crippen molar-refractivity contribution < 1.29 is 14.2 Å². The average molecular weight is 274 g/mol. The molecule has 0 amide bonds. The van der Waals surface area contributed by atoms with Crippen molar-refractivity contribution >= 4 is 10.8 Å². The second kappa shape index (κ2) is 6.04. The molecule has 0 saturated carbocycles. The summed E-state index contributed by atoms with van der Waals surface area (Å²) >= 11 is 0. The Morgan fingerprint density at radius 1 is 0.750 bits per heavy atom. The zero-order valence-corrected chi connectivity index (χ0v) is 12.8. The zero-order chi connectivity index (χ0) is 14.7. The summed E-state index contributed by atoms with van der Waals surface area (Å²) in [6.07, 6.45) is 0.223. The lowest BCUT2D eigenvalue weighted by Crippen LogP contribution is -2.08. The number of hydrogen-bond donors (Lipinski definition) is 0. The Labute approximate surface area is 120 Å². The smallest absolute Gasteiger partial charge is 0.169 e. The predicted molar refractivity (Wildman–Crippen MR) is 82.0 cm³/mol. The average Bonchev–Trinajstić information content (AvgIpc) is 2.38. The van der Waals surface area contributed by atoms with Crippen LogP contribution in [0.5, 0.6) is 17.2 Å². The fourth-order valence-electron chi connectivity index (χ4n) is 2.16. The Kier molecular flexibility index (Phi) is 4.38. The second-order valence-electron chi connectivity index (χ2n) is 5.28. The SMILES string of the molecule is COc1ccc2c(OC(C)C)cccc2c1OC(C)C. The molecule has 2 rings (SSSR count). The normalized spacial score (nSPS) is 11.2. The number of rotatable bonds is 5. The second-order valence-corrected chi connectivity index (χ2v) is 5.28. The summed E-state index contributed by atoms with van der Waals surface area (Å²) in [5.74, 6) is 2.39. The monoisotopic (exact) mass is 274 g/mol. The third-order valence-corrected chi connectivity index (χ3v) is 2.87. The fourth-order valence-corrected chi connectivity index (χ4v) is 2.16. The van der Waals surface area contributed by atoms with Crippen molar-refractivity contribution in [3.8, 4) is 17.2 Å². The minimum Gasteiger partial charge on any atom is -0.493 e. The van der Waals surface area contributed by atoms with Crippen LogP contribution >= 0.6 is 0 Å². The maximum atomic E-state index is 5.93. The molecule has 2 aromatic carbocycles. The molecule has 108 valence electrons. The Morgan fingerprint density at radius 3 is 2.05 bits per heavy atom. The van der Waals surface area contributed by atoms with Gasteiger partial charge in [-0.2, -0.15) is 0 Å². The van der Waals surface area contributed by atoms with Crippen molar-refractivity contribution in [2.75, 3.05) is 7.11 Å². The lowest BCUT2D eigenvalue weighted by atomic mass is 10.1. The minimum absolute atomic E-state index is 0.0872. The van der Waals surface area contributed by atoms with Crippen LogP contribution in [0.3, 0.4) is 0 Å². The zero-order valence-electron chi connectivity index (χ0n) is 12.8. The van der Waals surface area contributed by atoms with Gasteiger partial charge in [0.15, 0.2) is 11.5 Å². The quantitative estimate of drug-likeness (QED) is 0.807. The molecule has 0 saturated heterocycles. The summed E-state index contributed by atoms with van der Waals surface area (Å²) in [7, 11) is 1.66. The van der Waals surface area contributed by atoms with Crippen molar-refractivity contribution in [2.45, 2.75) is 39.9 Å². The van der Waals surface area contributed by atoms with E-state index in [9.17, 15) is 0 Å². The molecule has 0 heterocycles. The molecule has 0 N–H and O–H groups in total. The summed E-state index contributed by atoms with van der Waals surface area (Å²) in [5.41, 5.74) is 0. The van der Waals surface area contributed by atoms with E-state index < -0.39 is 0 Å². The summed E-state index contributed by atoms with van der Waals surface area (Å²) in [5, 5.41) is 2.05. The Morgan fingerprint density at radius 2 is 1.45 bits per heavy atom. The van der Waals surface area contributed by atoms with Gasteiger partial charge in [0.2, 0.25) is 0 Å². The van der Waals surface area contributed by atoms with Crippen LogP contribution in [0.1, 0.15) is 27.7 Å². The molecule has 0 bridgehead atoms. The number of methoxy groups -OCH3 is 1. The standard InChI is InChI=1S/C17H22O3/c1-11(2)19-15-8-6-7-14-13(15)9-10-16(18-5)17(14)20-12(3)4/h6-12H,1-5H3. The largest absolute Gasteiger partial charge is 0.493 e. The highest BCUT2D eigenvalue weighted by atomic mass is 16.5. The molecule has 0 aliphatic heterocycles. The van der Waals surface area contributed by atoms with E-state index in [1.54, 1.807) is 7.11 Å². The van der Waals surface area contributed by atoms with Gasteiger partial charge in [0.1, 0.15) is 5.75 Å². The van der Waals surface area contributed by atoms with E-state index in [0.717, 1.165) is 28.0 Å². The van der Waals surface area contributed by atoms with Crippen LogP contribution in [0.15, 0.2) is 30.3 Å². The molecule has 0 unspecified atom stereocenters. The van der Waals surface area contributed by atoms with E-state index in [2.05, 4.69) is 0 Å². The molecular formula is C17H22O3. The number of hydrogen-bond acceptors (Lipinski definition) is 3. The van der Waals surface area contributed by atoms with E-state index in [1.807, 2.05) is 58.0 Å². The Hall–Kier alpha value is -1.90. The van der Waals surface area contributed by atoms with Crippen molar-refractivity contribution in [3.05, 3.63) is 30.3 Å². The van der Waals surface area contributed by atoms with Crippen molar-refractivity contribution in [2.24, 2.45) is 0 Å². The highest BCUT2D eigenvalue weighted by Gasteiger charge is 2.14. The first-order valence-corrected chi connectivity index (χ1v) is 6.96. The topological polar surface area (TPSA) is 27.7 Å². The molecule has 0 atom stereocenters. The van der Waals surface area contributed by atoms with E-state index in [1.165, 1.54) is 0 Å². The predicted octanol–water partition coefficient (Wildman–Crippen LogP) is 4.42. The maximum absolute atomic E-state index is 5.93. The van der Waals surface area contributed by atoms with Gasteiger partial charge in [-0.25, -0.2) is 0 Å². The van der Waals surface area contributed by atoms with Crippen LogP contribution in [0.2, 0.25) is 0 Å². The molecule has 0 spiro atoms. The maximum Gasteiger partial charge on any atom is 0.169 e. The minimum atomic E-state index is 0.0872. The Bertz CT molecular complexity index is 588. The fraction of sp³-hybridized carbons (Fsp3) is 0.412. The molecule has 0 radical (unpaired) electrons. The molecular weight excluding hydrogens is 252 g/mol. The van der Waals surface area contributed by atoms with Crippen molar-refractivity contribution in [1.82, 2.24) is 0 Å². The Balaban J connectivity index is 2.61. The first-order chi connectivity index (χ1) is 9.52. The van der Waals surface area contributed by atoms with Gasteiger partial charge in [0.05, 0.1) is 19.3 Å². The van der Waals surface area contributed by atoms with Crippen LogP contribution in [-0.4, -0.2) is 19.3 Å². The summed E-state index contributed by atoms with van der Waals surface area (Å²) in [4.78, 5) is 0. The number of benzene rings is 2. The molecule has 2 aromatic rings. The highest BCUT2D eigenvalue weighted by Crippen LogP contribution is 2.39. The van der Waals surface area contributed by atoms with E-state index >= 15 is 0 Å². The van der Waals surface area contributed by atoms with E-state index in [4.69, 9.17) is 14.2 Å². The highest BCUT2D eigenvalue weighted by molar-refractivity contribution is 5.95. The molecule has 3 nitrogen and oxygen atoms in total. The first kappa shape index (κ1) is 14.5. The van der Waals surface area contributed by atoms with Crippen LogP contribution in [0.25, 0.3) is 10.8 Å². The lowest BCUT2D eigenvalue weighted by Gasteiger charge is -2.18. The molecule has 3 heteroatoms.